The van der Waals surface area contributed by atoms with Crippen molar-refractivity contribution in [3.05, 3.63) is 34.1 Å². The van der Waals surface area contributed by atoms with Gasteiger partial charge in [0.2, 0.25) is 0 Å². The molecule has 1 unspecified atom stereocenters. The van der Waals surface area contributed by atoms with E-state index in [4.69, 9.17) is 10.5 Å². The zero-order chi connectivity index (χ0) is 15.3. The fourth-order valence-corrected chi connectivity index (χ4v) is 2.05. The Kier molecular flexibility index (Phi) is 5.95. The first-order chi connectivity index (χ1) is 9.23. The molecule has 0 aromatic heterocycles. The monoisotopic (exact) mass is 346 g/mol. The van der Waals surface area contributed by atoms with Crippen LogP contribution < -0.4 is 11.1 Å². The highest BCUT2D eigenvalue weighted by Crippen LogP contribution is 2.19. The van der Waals surface area contributed by atoms with E-state index >= 15 is 0 Å². The number of halogens is 2. The largest absolute Gasteiger partial charge is 0.444 e. The maximum absolute atomic E-state index is 13.9. The Labute approximate surface area is 127 Å². The lowest BCUT2D eigenvalue weighted by Gasteiger charge is -2.23. The van der Waals surface area contributed by atoms with Crippen molar-refractivity contribution in [1.82, 2.24) is 5.32 Å². The first-order valence-electron chi connectivity index (χ1n) is 6.35. The number of amides is 1. The number of hydrogen-bond acceptors (Lipinski definition) is 3. The summed E-state index contributed by atoms with van der Waals surface area (Å²) in [6, 6.07) is 4.65. The summed E-state index contributed by atoms with van der Waals surface area (Å²) < 4.78 is 19.4. The Morgan fingerprint density at radius 2 is 2.15 bits per heavy atom. The van der Waals surface area contributed by atoms with Gasteiger partial charge in [-0.3, -0.25) is 0 Å². The lowest BCUT2D eigenvalue weighted by atomic mass is 10.1. The number of hydrogen-bond donors (Lipinski definition) is 2. The standard InChI is InChI=1S/C14H20BrFN2O2/c1-14(2,3)20-13(19)18-10(8-17)7-9-5-4-6-11(15)12(9)16/h4-6,10H,7-8,17H2,1-3H3,(H,18,19). The Morgan fingerprint density at radius 3 is 2.70 bits per heavy atom. The number of nitrogens with one attached hydrogen (secondary N) is 1. The topological polar surface area (TPSA) is 64.3 Å². The van der Waals surface area contributed by atoms with Gasteiger partial charge in [-0.15, -0.1) is 0 Å². The highest BCUT2D eigenvalue weighted by molar-refractivity contribution is 9.10. The van der Waals surface area contributed by atoms with Crippen molar-refractivity contribution in [2.75, 3.05) is 6.54 Å². The number of carbonyl (C=O) groups excluding carboxylic acids is 1. The summed E-state index contributed by atoms with van der Waals surface area (Å²) in [6.45, 7) is 5.53. The fraction of sp³-hybridized carbons (Fsp3) is 0.500. The van der Waals surface area contributed by atoms with Gasteiger partial charge in [-0.1, -0.05) is 12.1 Å². The molecule has 0 fully saturated rings. The number of alkyl carbamates (subject to hydrolysis) is 1. The maximum Gasteiger partial charge on any atom is 0.407 e. The van der Waals surface area contributed by atoms with Crippen molar-refractivity contribution < 1.29 is 13.9 Å². The number of benzene rings is 1. The van der Waals surface area contributed by atoms with Crippen LogP contribution in [0.3, 0.4) is 0 Å². The first kappa shape index (κ1) is 16.9. The van der Waals surface area contributed by atoms with Gasteiger partial charge in [0.05, 0.1) is 4.47 Å². The molecule has 0 spiro atoms. The number of nitrogens with two attached hydrogens (primary N) is 1. The third kappa shape index (κ3) is 5.46. The Morgan fingerprint density at radius 1 is 1.50 bits per heavy atom. The lowest BCUT2D eigenvalue weighted by Crippen LogP contribution is -2.44. The quantitative estimate of drug-likeness (QED) is 0.880. The van der Waals surface area contributed by atoms with E-state index in [1.54, 1.807) is 39.0 Å². The minimum Gasteiger partial charge on any atom is -0.444 e. The molecule has 1 amide bonds. The number of rotatable bonds is 4. The van der Waals surface area contributed by atoms with Crippen LogP contribution >= 0.6 is 15.9 Å². The summed E-state index contributed by atoms with van der Waals surface area (Å²) in [5.41, 5.74) is 5.53. The third-order valence-corrected chi connectivity index (χ3v) is 3.12. The summed E-state index contributed by atoms with van der Waals surface area (Å²) in [6.07, 6.45) is -0.246. The predicted molar refractivity (Wildman–Crippen MR) is 80.0 cm³/mol. The van der Waals surface area contributed by atoms with Crippen LogP contribution in [0.4, 0.5) is 9.18 Å². The summed E-state index contributed by atoms with van der Waals surface area (Å²) in [5.74, 6) is -0.336. The van der Waals surface area contributed by atoms with Crippen LogP contribution in [0, 0.1) is 5.82 Å². The summed E-state index contributed by atoms with van der Waals surface area (Å²) in [5, 5.41) is 2.65. The molecule has 4 nitrogen and oxygen atoms in total. The van der Waals surface area contributed by atoms with Crippen molar-refractivity contribution in [2.24, 2.45) is 5.73 Å². The van der Waals surface area contributed by atoms with Crippen LogP contribution in [0.5, 0.6) is 0 Å². The van der Waals surface area contributed by atoms with Crippen LogP contribution in [0.1, 0.15) is 26.3 Å². The van der Waals surface area contributed by atoms with Crippen molar-refractivity contribution in [3.63, 3.8) is 0 Å². The molecule has 20 heavy (non-hydrogen) atoms. The molecular weight excluding hydrogens is 327 g/mol. The van der Waals surface area contributed by atoms with Gasteiger partial charge >= 0.3 is 6.09 Å². The zero-order valence-corrected chi connectivity index (χ0v) is 13.5. The fourth-order valence-electron chi connectivity index (χ4n) is 1.64. The number of carbonyl (C=O) groups is 1. The first-order valence-corrected chi connectivity index (χ1v) is 7.14. The molecule has 0 aliphatic heterocycles. The van der Waals surface area contributed by atoms with Gasteiger partial charge in [0.25, 0.3) is 0 Å². The van der Waals surface area contributed by atoms with Crippen molar-refractivity contribution in [2.45, 2.75) is 38.8 Å². The molecule has 1 atom stereocenters. The van der Waals surface area contributed by atoms with E-state index in [1.165, 1.54) is 0 Å². The lowest BCUT2D eigenvalue weighted by molar-refractivity contribution is 0.0505. The normalized spacial score (nSPS) is 12.9. The van der Waals surface area contributed by atoms with Crippen molar-refractivity contribution in [1.29, 1.82) is 0 Å². The Balaban J connectivity index is 2.68. The van der Waals surface area contributed by atoms with Crippen LogP contribution in [0.25, 0.3) is 0 Å². The predicted octanol–water partition coefficient (Wildman–Crippen LogP) is 2.98. The molecule has 0 radical (unpaired) electrons. The van der Waals surface area contributed by atoms with Crippen LogP contribution in [-0.4, -0.2) is 24.3 Å². The van der Waals surface area contributed by atoms with Gasteiger partial charge in [-0.25, -0.2) is 9.18 Å². The summed E-state index contributed by atoms with van der Waals surface area (Å²) in [4.78, 5) is 11.7. The second-order valence-electron chi connectivity index (χ2n) is 5.50. The van der Waals surface area contributed by atoms with Gasteiger partial charge < -0.3 is 15.8 Å². The van der Waals surface area contributed by atoms with E-state index < -0.39 is 11.7 Å². The molecule has 0 bridgehead atoms. The van der Waals surface area contributed by atoms with Crippen LogP contribution in [0.2, 0.25) is 0 Å². The molecule has 0 saturated carbocycles. The van der Waals surface area contributed by atoms with Gasteiger partial charge in [0.1, 0.15) is 11.4 Å². The molecule has 1 aromatic rings. The maximum atomic E-state index is 13.9. The summed E-state index contributed by atoms with van der Waals surface area (Å²) >= 11 is 3.13. The van der Waals surface area contributed by atoms with Crippen LogP contribution in [0.15, 0.2) is 22.7 Å². The van der Waals surface area contributed by atoms with E-state index in [2.05, 4.69) is 21.2 Å². The molecule has 0 aliphatic carbocycles. The van der Waals surface area contributed by atoms with Crippen molar-refractivity contribution >= 4 is 22.0 Å². The van der Waals surface area contributed by atoms with E-state index in [9.17, 15) is 9.18 Å². The highest BCUT2D eigenvalue weighted by atomic mass is 79.9. The SMILES string of the molecule is CC(C)(C)OC(=O)NC(CN)Cc1cccc(Br)c1F. The minimum absolute atomic E-state index is 0.200. The van der Waals surface area contributed by atoms with Gasteiger partial charge in [-0.05, 0) is 54.8 Å². The highest BCUT2D eigenvalue weighted by Gasteiger charge is 2.20. The molecule has 1 rings (SSSR count). The molecule has 0 saturated heterocycles. The summed E-state index contributed by atoms with van der Waals surface area (Å²) in [7, 11) is 0. The second kappa shape index (κ2) is 7.04. The molecular formula is C14H20BrFN2O2. The molecule has 1 aromatic carbocycles. The van der Waals surface area contributed by atoms with E-state index in [0.29, 0.717) is 16.5 Å². The molecule has 3 N–H and O–H groups in total. The average Bonchev–Trinajstić information content (AvgIpc) is 2.31. The molecule has 0 heterocycles. The van der Waals surface area contributed by atoms with Gasteiger partial charge in [0, 0.05) is 12.6 Å². The molecule has 0 aliphatic rings. The van der Waals surface area contributed by atoms with E-state index in [0.717, 1.165) is 0 Å². The number of ether oxygens (including phenoxy) is 1. The van der Waals surface area contributed by atoms with Gasteiger partial charge in [-0.2, -0.15) is 0 Å². The third-order valence-electron chi connectivity index (χ3n) is 2.50. The zero-order valence-electron chi connectivity index (χ0n) is 11.9. The Bertz CT molecular complexity index is 475. The van der Waals surface area contributed by atoms with E-state index in [-0.39, 0.29) is 18.4 Å². The second-order valence-corrected chi connectivity index (χ2v) is 6.35. The molecule has 112 valence electrons. The van der Waals surface area contributed by atoms with Crippen LogP contribution in [-0.2, 0) is 11.2 Å². The van der Waals surface area contributed by atoms with E-state index in [1.807, 2.05) is 0 Å². The average molecular weight is 347 g/mol. The smallest absolute Gasteiger partial charge is 0.407 e. The molecule has 6 heteroatoms. The Hall–Kier alpha value is -1.14. The van der Waals surface area contributed by atoms with Crippen molar-refractivity contribution in [3.8, 4) is 0 Å². The minimum atomic E-state index is -0.579. The van der Waals surface area contributed by atoms with Gasteiger partial charge in [0.15, 0.2) is 0 Å².